The molecule has 2 rings (SSSR count). The first-order chi connectivity index (χ1) is 8.63. The molecule has 18 heavy (non-hydrogen) atoms. The van der Waals surface area contributed by atoms with E-state index in [1.807, 2.05) is 31.2 Å². The number of anilines is 1. The van der Waals surface area contributed by atoms with E-state index in [4.69, 9.17) is 0 Å². The van der Waals surface area contributed by atoms with Gasteiger partial charge < -0.3 is 16.0 Å². The van der Waals surface area contributed by atoms with Crippen LogP contribution in [-0.4, -0.2) is 24.5 Å². The lowest BCUT2D eigenvalue weighted by atomic mass is 10.2. The van der Waals surface area contributed by atoms with Gasteiger partial charge in [-0.15, -0.1) is 0 Å². The van der Waals surface area contributed by atoms with Gasteiger partial charge in [0.25, 0.3) is 0 Å². The second-order valence-corrected chi connectivity index (χ2v) is 4.52. The van der Waals surface area contributed by atoms with Gasteiger partial charge in [0.1, 0.15) is 0 Å². The van der Waals surface area contributed by atoms with Gasteiger partial charge in [0.15, 0.2) is 0 Å². The smallest absolute Gasteiger partial charge is 0.315 e. The Hall–Kier alpha value is -2.04. The van der Waals surface area contributed by atoms with Gasteiger partial charge in [0, 0.05) is 11.7 Å². The second kappa shape index (κ2) is 5.53. The van der Waals surface area contributed by atoms with E-state index in [9.17, 15) is 9.59 Å². The average molecular weight is 247 g/mol. The number of urea groups is 1. The molecule has 0 unspecified atom stereocenters. The second-order valence-electron chi connectivity index (χ2n) is 4.52. The number of hydrogen-bond acceptors (Lipinski definition) is 2. The number of nitrogens with one attached hydrogen (secondary N) is 3. The Balaban J connectivity index is 1.70. The fraction of sp³-hybridized carbons (Fsp3) is 0.385. The van der Waals surface area contributed by atoms with Crippen molar-refractivity contribution in [3.8, 4) is 0 Å². The monoisotopic (exact) mass is 247 g/mol. The van der Waals surface area contributed by atoms with Crippen LogP contribution in [0.5, 0.6) is 0 Å². The first kappa shape index (κ1) is 12.4. The molecule has 1 saturated carbocycles. The minimum Gasteiger partial charge on any atom is -0.335 e. The molecule has 0 heterocycles. The molecule has 0 atom stereocenters. The molecular formula is C13H17N3O2. The van der Waals surface area contributed by atoms with Crippen LogP contribution in [0.1, 0.15) is 18.4 Å². The van der Waals surface area contributed by atoms with Crippen LogP contribution in [0.3, 0.4) is 0 Å². The molecule has 1 aliphatic carbocycles. The molecule has 0 radical (unpaired) electrons. The maximum Gasteiger partial charge on any atom is 0.315 e. The predicted octanol–water partition coefficient (Wildman–Crippen LogP) is 1.40. The van der Waals surface area contributed by atoms with Crippen LogP contribution >= 0.6 is 0 Å². The first-order valence-corrected chi connectivity index (χ1v) is 6.04. The lowest BCUT2D eigenvalue weighted by Gasteiger charge is -2.07. The molecule has 3 amide bonds. The molecule has 5 heteroatoms. The standard InChI is InChI=1S/C13H17N3O2/c1-9-2-4-10(5-3-9)15-12(17)8-14-13(18)16-11-6-7-11/h2-5,11H,6-8H2,1H3,(H,15,17)(H2,14,16,18). The van der Waals surface area contributed by atoms with E-state index >= 15 is 0 Å². The fourth-order valence-corrected chi connectivity index (χ4v) is 1.47. The zero-order valence-electron chi connectivity index (χ0n) is 10.3. The molecule has 1 aromatic carbocycles. The van der Waals surface area contributed by atoms with Crippen molar-refractivity contribution in [2.24, 2.45) is 0 Å². The minimum atomic E-state index is -0.281. The average Bonchev–Trinajstić information content (AvgIpc) is 3.13. The predicted molar refractivity (Wildman–Crippen MR) is 69.4 cm³/mol. The summed E-state index contributed by atoms with van der Waals surface area (Å²) in [6.45, 7) is 1.96. The van der Waals surface area contributed by atoms with Crippen molar-refractivity contribution in [3.63, 3.8) is 0 Å². The summed E-state index contributed by atoms with van der Waals surface area (Å²) in [5.41, 5.74) is 1.87. The normalized spacial score (nSPS) is 13.8. The van der Waals surface area contributed by atoms with Gasteiger partial charge >= 0.3 is 6.03 Å². The van der Waals surface area contributed by atoms with Crippen LogP contribution in [0.4, 0.5) is 10.5 Å². The molecule has 5 nitrogen and oxygen atoms in total. The van der Waals surface area contributed by atoms with Gasteiger partial charge in [-0.3, -0.25) is 4.79 Å². The van der Waals surface area contributed by atoms with Gasteiger partial charge in [-0.2, -0.15) is 0 Å². The Morgan fingerprint density at radius 1 is 1.22 bits per heavy atom. The zero-order valence-corrected chi connectivity index (χ0v) is 10.3. The lowest BCUT2D eigenvalue weighted by molar-refractivity contribution is -0.115. The molecule has 0 spiro atoms. The maximum atomic E-state index is 11.5. The van der Waals surface area contributed by atoms with E-state index in [0.717, 1.165) is 24.1 Å². The number of benzene rings is 1. The molecule has 0 saturated heterocycles. The third-order valence-corrected chi connectivity index (χ3v) is 2.66. The van der Waals surface area contributed by atoms with Crippen molar-refractivity contribution in [2.45, 2.75) is 25.8 Å². The third kappa shape index (κ3) is 4.08. The Morgan fingerprint density at radius 3 is 2.50 bits per heavy atom. The summed E-state index contributed by atoms with van der Waals surface area (Å²) in [6.07, 6.45) is 2.06. The Labute approximate surface area is 106 Å². The van der Waals surface area contributed by atoms with Crippen molar-refractivity contribution >= 4 is 17.6 Å². The first-order valence-electron chi connectivity index (χ1n) is 6.04. The summed E-state index contributed by atoms with van der Waals surface area (Å²) in [5, 5.41) is 7.99. The Kier molecular flexibility index (Phi) is 3.82. The highest BCUT2D eigenvalue weighted by Crippen LogP contribution is 2.18. The summed E-state index contributed by atoms with van der Waals surface area (Å²) in [4.78, 5) is 22.8. The zero-order chi connectivity index (χ0) is 13.0. The van der Waals surface area contributed by atoms with Crippen molar-refractivity contribution in [1.82, 2.24) is 10.6 Å². The molecule has 1 aliphatic rings. The molecule has 0 aromatic heterocycles. The quantitative estimate of drug-likeness (QED) is 0.752. The molecule has 96 valence electrons. The number of carbonyl (C=O) groups excluding carboxylic acids is 2. The van der Waals surface area contributed by atoms with Gasteiger partial charge in [0.05, 0.1) is 6.54 Å². The highest BCUT2D eigenvalue weighted by Gasteiger charge is 2.23. The van der Waals surface area contributed by atoms with Gasteiger partial charge in [-0.25, -0.2) is 4.79 Å². The van der Waals surface area contributed by atoms with Crippen molar-refractivity contribution in [2.75, 3.05) is 11.9 Å². The van der Waals surface area contributed by atoms with E-state index in [2.05, 4.69) is 16.0 Å². The number of rotatable bonds is 4. The van der Waals surface area contributed by atoms with Gasteiger partial charge in [0.2, 0.25) is 5.91 Å². The van der Waals surface area contributed by atoms with E-state index in [-0.39, 0.29) is 18.5 Å². The Morgan fingerprint density at radius 2 is 1.89 bits per heavy atom. The number of carbonyl (C=O) groups is 2. The van der Waals surface area contributed by atoms with Crippen LogP contribution in [0.25, 0.3) is 0 Å². The van der Waals surface area contributed by atoms with Gasteiger partial charge in [-0.05, 0) is 31.9 Å². The van der Waals surface area contributed by atoms with Gasteiger partial charge in [-0.1, -0.05) is 17.7 Å². The van der Waals surface area contributed by atoms with Crippen LogP contribution in [0.2, 0.25) is 0 Å². The molecule has 1 fully saturated rings. The highest BCUT2D eigenvalue weighted by molar-refractivity contribution is 5.94. The van der Waals surface area contributed by atoms with Crippen LogP contribution in [-0.2, 0) is 4.79 Å². The van der Waals surface area contributed by atoms with Crippen molar-refractivity contribution in [1.29, 1.82) is 0 Å². The van der Waals surface area contributed by atoms with E-state index in [1.165, 1.54) is 0 Å². The summed E-state index contributed by atoms with van der Waals surface area (Å²) < 4.78 is 0. The number of aryl methyl sites for hydroxylation is 1. The number of amides is 3. The summed E-state index contributed by atoms with van der Waals surface area (Å²) in [5.74, 6) is -0.232. The molecule has 3 N–H and O–H groups in total. The lowest BCUT2D eigenvalue weighted by Crippen LogP contribution is -2.40. The summed E-state index contributed by atoms with van der Waals surface area (Å²) in [7, 11) is 0. The molecule has 0 aliphatic heterocycles. The van der Waals surface area contributed by atoms with Crippen LogP contribution < -0.4 is 16.0 Å². The summed E-state index contributed by atoms with van der Waals surface area (Å²) >= 11 is 0. The third-order valence-electron chi connectivity index (χ3n) is 2.66. The maximum absolute atomic E-state index is 11.5. The van der Waals surface area contributed by atoms with E-state index < -0.39 is 0 Å². The molecule has 0 bridgehead atoms. The fourth-order valence-electron chi connectivity index (χ4n) is 1.47. The minimum absolute atomic E-state index is 0.0214. The van der Waals surface area contributed by atoms with Crippen molar-refractivity contribution in [3.05, 3.63) is 29.8 Å². The highest BCUT2D eigenvalue weighted by atomic mass is 16.2. The summed E-state index contributed by atoms with van der Waals surface area (Å²) in [6, 6.07) is 7.52. The number of hydrogen-bond donors (Lipinski definition) is 3. The van der Waals surface area contributed by atoms with Crippen molar-refractivity contribution < 1.29 is 9.59 Å². The van der Waals surface area contributed by atoms with Crippen LogP contribution in [0, 0.1) is 6.92 Å². The molecular weight excluding hydrogens is 230 g/mol. The molecule has 1 aromatic rings. The van der Waals surface area contributed by atoms with Crippen LogP contribution in [0.15, 0.2) is 24.3 Å². The largest absolute Gasteiger partial charge is 0.335 e. The van der Waals surface area contributed by atoms with E-state index in [0.29, 0.717) is 6.04 Å². The van der Waals surface area contributed by atoms with E-state index in [1.54, 1.807) is 0 Å². The topological polar surface area (TPSA) is 70.2 Å². The Bertz CT molecular complexity index is 438. The SMILES string of the molecule is Cc1ccc(NC(=O)CNC(=O)NC2CC2)cc1.